The van der Waals surface area contributed by atoms with Gasteiger partial charge in [-0.05, 0) is 30.7 Å². The van der Waals surface area contributed by atoms with Crippen LogP contribution < -0.4 is 4.74 Å². The van der Waals surface area contributed by atoms with Gasteiger partial charge < -0.3 is 4.74 Å². The first-order valence-electron chi connectivity index (χ1n) is 6.19. The molecule has 0 bridgehead atoms. The minimum Gasteiger partial charge on any atom is -0.492 e. The highest BCUT2D eigenvalue weighted by molar-refractivity contribution is 5.49. The number of para-hydroxylation sites is 1. The van der Waals surface area contributed by atoms with Crippen LogP contribution >= 0.6 is 0 Å². The maximum atomic E-state index is 5.67. The molecule has 0 amide bonds. The van der Waals surface area contributed by atoms with Gasteiger partial charge in [0.1, 0.15) is 5.75 Å². The molecule has 0 aliphatic heterocycles. The quantitative estimate of drug-likeness (QED) is 0.735. The summed E-state index contributed by atoms with van der Waals surface area (Å²) in [6, 6.07) is 17.9. The molecule has 0 aliphatic carbocycles. The molecule has 0 N–H and O–H groups in total. The number of hydrogen-bond donors (Lipinski definition) is 0. The van der Waals surface area contributed by atoms with E-state index in [1.54, 1.807) is 0 Å². The predicted octanol–water partition coefficient (Wildman–Crippen LogP) is 3.88. The summed E-state index contributed by atoms with van der Waals surface area (Å²) in [6.45, 7) is 2.82. The zero-order valence-corrected chi connectivity index (χ0v) is 10.5. The Labute approximate surface area is 108 Å². The van der Waals surface area contributed by atoms with Crippen LogP contribution in [0.5, 0.6) is 5.75 Å². The first-order valence-corrected chi connectivity index (χ1v) is 6.19. The lowest BCUT2D eigenvalue weighted by Crippen LogP contribution is -1.96. The van der Waals surface area contributed by atoms with Crippen LogP contribution in [-0.4, -0.2) is 6.61 Å². The Kier molecular flexibility index (Phi) is 4.44. The molecule has 2 rings (SSSR count). The summed E-state index contributed by atoms with van der Waals surface area (Å²) in [4.78, 5) is 0. The second-order valence-electron chi connectivity index (χ2n) is 3.96. The van der Waals surface area contributed by atoms with Crippen molar-refractivity contribution >= 4 is 0 Å². The fraction of sp³-hybridized carbons (Fsp3) is 0.176. The molecule has 2 aromatic carbocycles. The molecular formula is C17H16O. The van der Waals surface area contributed by atoms with Crippen molar-refractivity contribution in [3.8, 4) is 17.6 Å². The fourth-order valence-corrected chi connectivity index (χ4v) is 1.57. The average Bonchev–Trinajstić information content (AvgIpc) is 2.45. The molecule has 0 unspecified atom stereocenters. The zero-order valence-electron chi connectivity index (χ0n) is 10.5. The second kappa shape index (κ2) is 6.51. The fourth-order valence-electron chi connectivity index (χ4n) is 1.57. The van der Waals surface area contributed by atoms with E-state index < -0.39 is 0 Å². The van der Waals surface area contributed by atoms with Gasteiger partial charge in [0.2, 0.25) is 0 Å². The first kappa shape index (κ1) is 12.3. The zero-order chi connectivity index (χ0) is 12.6. The number of rotatable bonds is 3. The van der Waals surface area contributed by atoms with E-state index in [0.29, 0.717) is 0 Å². The highest BCUT2D eigenvalue weighted by Gasteiger charge is 1.98. The standard InChI is InChI=1S/C17H16O/c1-2-14-18-17-11-7-6-10-16(17)13-12-15-8-4-3-5-9-15/h3-11H,2,14H2,1H3. The SMILES string of the molecule is CCCOc1ccccc1C#Cc1ccccc1. The highest BCUT2D eigenvalue weighted by atomic mass is 16.5. The van der Waals surface area contributed by atoms with Crippen LogP contribution in [0.25, 0.3) is 0 Å². The summed E-state index contributed by atoms with van der Waals surface area (Å²) >= 11 is 0. The number of benzene rings is 2. The van der Waals surface area contributed by atoms with Crippen molar-refractivity contribution in [1.29, 1.82) is 0 Å². The lowest BCUT2D eigenvalue weighted by atomic mass is 10.1. The third-order valence-corrected chi connectivity index (χ3v) is 2.46. The van der Waals surface area contributed by atoms with Crippen molar-refractivity contribution in [3.63, 3.8) is 0 Å². The Bertz CT molecular complexity index is 547. The summed E-state index contributed by atoms with van der Waals surface area (Å²) in [7, 11) is 0. The van der Waals surface area contributed by atoms with Crippen LogP contribution in [0, 0.1) is 11.8 Å². The summed E-state index contributed by atoms with van der Waals surface area (Å²) in [6.07, 6.45) is 1.00. The van der Waals surface area contributed by atoms with Crippen molar-refractivity contribution in [1.82, 2.24) is 0 Å². The molecule has 0 aromatic heterocycles. The Balaban J connectivity index is 2.21. The number of hydrogen-bond acceptors (Lipinski definition) is 1. The van der Waals surface area contributed by atoms with Crippen molar-refractivity contribution in [3.05, 3.63) is 65.7 Å². The molecule has 0 spiro atoms. The van der Waals surface area contributed by atoms with E-state index in [4.69, 9.17) is 4.74 Å². The van der Waals surface area contributed by atoms with Gasteiger partial charge >= 0.3 is 0 Å². The van der Waals surface area contributed by atoms with Crippen LogP contribution in [0.4, 0.5) is 0 Å². The lowest BCUT2D eigenvalue weighted by Gasteiger charge is -2.05. The monoisotopic (exact) mass is 236 g/mol. The largest absolute Gasteiger partial charge is 0.492 e. The van der Waals surface area contributed by atoms with Crippen molar-refractivity contribution in [2.75, 3.05) is 6.61 Å². The van der Waals surface area contributed by atoms with Crippen LogP contribution in [0.1, 0.15) is 24.5 Å². The lowest BCUT2D eigenvalue weighted by molar-refractivity contribution is 0.316. The Morgan fingerprint density at radius 1 is 0.889 bits per heavy atom. The normalized spacial score (nSPS) is 9.39. The smallest absolute Gasteiger partial charge is 0.134 e. The Morgan fingerprint density at radius 3 is 2.39 bits per heavy atom. The van der Waals surface area contributed by atoms with Gasteiger partial charge in [-0.1, -0.05) is 49.1 Å². The summed E-state index contributed by atoms with van der Waals surface area (Å²) in [5.74, 6) is 7.17. The topological polar surface area (TPSA) is 9.23 Å². The summed E-state index contributed by atoms with van der Waals surface area (Å²) < 4.78 is 5.67. The Hall–Kier alpha value is -2.20. The van der Waals surface area contributed by atoms with Crippen LogP contribution in [-0.2, 0) is 0 Å². The van der Waals surface area contributed by atoms with E-state index in [-0.39, 0.29) is 0 Å². The van der Waals surface area contributed by atoms with E-state index in [2.05, 4.69) is 18.8 Å². The minimum absolute atomic E-state index is 0.726. The van der Waals surface area contributed by atoms with Gasteiger partial charge in [0, 0.05) is 5.56 Å². The first-order chi connectivity index (χ1) is 8.90. The van der Waals surface area contributed by atoms with E-state index >= 15 is 0 Å². The predicted molar refractivity (Wildman–Crippen MR) is 74.7 cm³/mol. The summed E-state index contributed by atoms with van der Waals surface area (Å²) in [5, 5.41) is 0. The van der Waals surface area contributed by atoms with E-state index in [9.17, 15) is 0 Å². The van der Waals surface area contributed by atoms with Crippen LogP contribution in [0.15, 0.2) is 54.6 Å². The molecule has 18 heavy (non-hydrogen) atoms. The molecular weight excluding hydrogens is 220 g/mol. The third kappa shape index (κ3) is 3.40. The van der Waals surface area contributed by atoms with E-state index in [0.717, 1.165) is 29.9 Å². The maximum absolute atomic E-state index is 5.67. The van der Waals surface area contributed by atoms with Gasteiger partial charge in [-0.3, -0.25) is 0 Å². The molecule has 0 atom stereocenters. The van der Waals surface area contributed by atoms with E-state index in [1.807, 2.05) is 54.6 Å². The third-order valence-electron chi connectivity index (χ3n) is 2.46. The highest BCUT2D eigenvalue weighted by Crippen LogP contribution is 2.16. The molecule has 0 fully saturated rings. The summed E-state index contributed by atoms with van der Waals surface area (Å²) in [5.41, 5.74) is 1.96. The van der Waals surface area contributed by atoms with Crippen LogP contribution in [0.2, 0.25) is 0 Å². The van der Waals surface area contributed by atoms with Gasteiger partial charge in [-0.25, -0.2) is 0 Å². The molecule has 2 aromatic rings. The van der Waals surface area contributed by atoms with E-state index in [1.165, 1.54) is 0 Å². The van der Waals surface area contributed by atoms with Crippen molar-refractivity contribution in [2.24, 2.45) is 0 Å². The molecule has 90 valence electrons. The average molecular weight is 236 g/mol. The molecule has 1 heteroatoms. The van der Waals surface area contributed by atoms with Gasteiger partial charge in [0.25, 0.3) is 0 Å². The van der Waals surface area contributed by atoms with Crippen molar-refractivity contribution in [2.45, 2.75) is 13.3 Å². The molecule has 0 radical (unpaired) electrons. The van der Waals surface area contributed by atoms with Crippen molar-refractivity contribution < 1.29 is 4.74 Å². The van der Waals surface area contributed by atoms with Gasteiger partial charge in [0.15, 0.2) is 0 Å². The van der Waals surface area contributed by atoms with Crippen LogP contribution in [0.3, 0.4) is 0 Å². The Morgan fingerprint density at radius 2 is 1.61 bits per heavy atom. The maximum Gasteiger partial charge on any atom is 0.134 e. The second-order valence-corrected chi connectivity index (χ2v) is 3.96. The van der Waals surface area contributed by atoms with Gasteiger partial charge in [0.05, 0.1) is 12.2 Å². The molecule has 0 saturated carbocycles. The van der Waals surface area contributed by atoms with Gasteiger partial charge in [-0.2, -0.15) is 0 Å². The van der Waals surface area contributed by atoms with Gasteiger partial charge in [-0.15, -0.1) is 0 Å². The number of ether oxygens (including phenoxy) is 1. The molecule has 0 aliphatic rings. The molecule has 0 heterocycles. The minimum atomic E-state index is 0.726. The molecule has 1 nitrogen and oxygen atoms in total. The molecule has 0 saturated heterocycles.